The highest BCUT2D eigenvalue weighted by Gasteiger charge is 2.13. The average Bonchev–Trinajstić information content (AvgIpc) is 2.54. The Hall–Kier alpha value is -0.820. The minimum absolute atomic E-state index is 0.693. The number of aryl methyl sites for hydroxylation is 3. The molecule has 1 heteroatoms. The lowest BCUT2D eigenvalue weighted by Crippen LogP contribution is -2.30. The van der Waals surface area contributed by atoms with Crippen LogP contribution in [0.15, 0.2) is 12.1 Å². The van der Waals surface area contributed by atoms with E-state index in [9.17, 15) is 0 Å². The van der Waals surface area contributed by atoms with Gasteiger partial charge in [0.1, 0.15) is 0 Å². The Morgan fingerprint density at radius 3 is 2.59 bits per heavy atom. The Kier molecular flexibility index (Phi) is 4.22. The summed E-state index contributed by atoms with van der Waals surface area (Å²) in [6.45, 7) is 7.88. The van der Waals surface area contributed by atoms with Crippen LogP contribution in [0.3, 0.4) is 0 Å². The maximum atomic E-state index is 3.69. The Balaban J connectivity index is 2.09. The molecule has 1 heterocycles. The van der Waals surface area contributed by atoms with Crippen LogP contribution in [0.5, 0.6) is 0 Å². The van der Waals surface area contributed by atoms with Crippen LogP contribution in [-0.2, 0) is 6.42 Å². The van der Waals surface area contributed by atoms with Gasteiger partial charge in [-0.05, 0) is 68.8 Å². The molecular formula is C16H25N. The van der Waals surface area contributed by atoms with E-state index in [1.165, 1.54) is 60.9 Å². The second kappa shape index (κ2) is 5.68. The lowest BCUT2D eigenvalue weighted by atomic mass is 9.94. The van der Waals surface area contributed by atoms with Crippen LogP contribution in [0.25, 0.3) is 0 Å². The molecule has 0 amide bonds. The zero-order chi connectivity index (χ0) is 12.3. The lowest BCUT2D eigenvalue weighted by Gasteiger charge is -2.18. The first-order valence-corrected chi connectivity index (χ1v) is 6.97. The summed E-state index contributed by atoms with van der Waals surface area (Å²) in [5.41, 5.74) is 5.84. The zero-order valence-electron chi connectivity index (χ0n) is 11.5. The molecule has 1 saturated heterocycles. The van der Waals surface area contributed by atoms with E-state index in [2.05, 4.69) is 38.2 Å². The Labute approximate surface area is 106 Å². The molecule has 0 radical (unpaired) electrons. The maximum Gasteiger partial charge on any atom is 0.0108 e. The van der Waals surface area contributed by atoms with Crippen LogP contribution in [0, 0.1) is 20.8 Å². The monoisotopic (exact) mass is 231 g/mol. The second-order valence-corrected chi connectivity index (χ2v) is 5.57. The van der Waals surface area contributed by atoms with E-state index in [1.54, 1.807) is 0 Å². The molecular weight excluding hydrogens is 206 g/mol. The fraction of sp³-hybridized carbons (Fsp3) is 0.625. The Morgan fingerprint density at radius 2 is 1.76 bits per heavy atom. The topological polar surface area (TPSA) is 12.0 Å². The van der Waals surface area contributed by atoms with Gasteiger partial charge >= 0.3 is 0 Å². The minimum atomic E-state index is 0.693. The van der Waals surface area contributed by atoms with Gasteiger partial charge in [0, 0.05) is 6.04 Å². The van der Waals surface area contributed by atoms with Gasteiger partial charge in [0.2, 0.25) is 0 Å². The summed E-state index contributed by atoms with van der Waals surface area (Å²) in [5, 5.41) is 3.69. The molecule has 1 N–H and O–H groups in total. The normalized spacial score (nSPS) is 21.2. The third kappa shape index (κ3) is 3.32. The first kappa shape index (κ1) is 12.6. The van der Waals surface area contributed by atoms with Crippen molar-refractivity contribution in [2.75, 3.05) is 6.54 Å². The van der Waals surface area contributed by atoms with Crippen molar-refractivity contribution in [3.05, 3.63) is 34.4 Å². The van der Waals surface area contributed by atoms with Crippen LogP contribution in [0.4, 0.5) is 0 Å². The van der Waals surface area contributed by atoms with E-state index in [1.807, 2.05) is 0 Å². The summed E-state index contributed by atoms with van der Waals surface area (Å²) in [5.74, 6) is 0. The van der Waals surface area contributed by atoms with Gasteiger partial charge in [0.05, 0.1) is 0 Å². The summed E-state index contributed by atoms with van der Waals surface area (Å²) >= 11 is 0. The summed E-state index contributed by atoms with van der Waals surface area (Å²) < 4.78 is 0. The van der Waals surface area contributed by atoms with Crippen molar-refractivity contribution in [1.82, 2.24) is 5.32 Å². The quantitative estimate of drug-likeness (QED) is 0.818. The average molecular weight is 231 g/mol. The van der Waals surface area contributed by atoms with Crippen LogP contribution in [-0.4, -0.2) is 12.6 Å². The molecule has 0 aromatic heterocycles. The molecule has 1 nitrogen and oxygen atoms in total. The molecule has 1 aromatic rings. The van der Waals surface area contributed by atoms with Gasteiger partial charge in [-0.3, -0.25) is 0 Å². The molecule has 0 spiro atoms. The van der Waals surface area contributed by atoms with Crippen LogP contribution in [0.2, 0.25) is 0 Å². The van der Waals surface area contributed by atoms with Gasteiger partial charge < -0.3 is 5.32 Å². The number of hydrogen-bond acceptors (Lipinski definition) is 1. The fourth-order valence-corrected chi connectivity index (χ4v) is 2.78. The van der Waals surface area contributed by atoms with Gasteiger partial charge in [-0.2, -0.15) is 0 Å². The standard InChI is InChI=1S/C16H25N/c1-12-9-14(3)15(10-13(12)2)11-16-7-5-4-6-8-17-16/h9-10,16-17H,4-8,11H2,1-3H3/t16-/m0/s1. The number of rotatable bonds is 2. The van der Waals surface area contributed by atoms with Crippen molar-refractivity contribution in [2.45, 2.75) is 58.9 Å². The zero-order valence-corrected chi connectivity index (χ0v) is 11.5. The van der Waals surface area contributed by atoms with Crippen molar-refractivity contribution in [1.29, 1.82) is 0 Å². The molecule has 1 fully saturated rings. The number of benzene rings is 1. The SMILES string of the molecule is Cc1cc(C)c(C[C@@H]2CCCCCN2)cc1C. The van der Waals surface area contributed by atoms with E-state index in [0.717, 1.165) is 0 Å². The van der Waals surface area contributed by atoms with E-state index in [-0.39, 0.29) is 0 Å². The summed E-state index contributed by atoms with van der Waals surface area (Å²) in [4.78, 5) is 0. The fourth-order valence-electron chi connectivity index (χ4n) is 2.78. The number of nitrogens with one attached hydrogen (secondary N) is 1. The molecule has 17 heavy (non-hydrogen) atoms. The highest BCUT2D eigenvalue weighted by Crippen LogP contribution is 2.19. The van der Waals surface area contributed by atoms with Gasteiger partial charge in [-0.25, -0.2) is 0 Å². The Morgan fingerprint density at radius 1 is 1.00 bits per heavy atom. The summed E-state index contributed by atoms with van der Waals surface area (Å²) in [6.07, 6.45) is 6.68. The van der Waals surface area contributed by atoms with Crippen LogP contribution in [0.1, 0.15) is 47.9 Å². The van der Waals surface area contributed by atoms with Gasteiger partial charge in [-0.15, -0.1) is 0 Å². The van der Waals surface area contributed by atoms with Crippen molar-refractivity contribution in [3.8, 4) is 0 Å². The van der Waals surface area contributed by atoms with Gasteiger partial charge in [-0.1, -0.05) is 25.0 Å². The molecule has 94 valence electrons. The van der Waals surface area contributed by atoms with E-state index >= 15 is 0 Å². The second-order valence-electron chi connectivity index (χ2n) is 5.57. The van der Waals surface area contributed by atoms with Crippen molar-refractivity contribution >= 4 is 0 Å². The van der Waals surface area contributed by atoms with Crippen LogP contribution < -0.4 is 5.32 Å². The first-order valence-electron chi connectivity index (χ1n) is 6.97. The lowest BCUT2D eigenvalue weighted by molar-refractivity contribution is 0.506. The Bertz CT molecular complexity index is 373. The first-order chi connectivity index (χ1) is 8.16. The van der Waals surface area contributed by atoms with E-state index in [0.29, 0.717) is 6.04 Å². The third-order valence-corrected chi connectivity index (χ3v) is 4.08. The molecule has 1 aromatic carbocycles. The molecule has 0 saturated carbocycles. The third-order valence-electron chi connectivity index (χ3n) is 4.08. The maximum absolute atomic E-state index is 3.69. The molecule has 1 aliphatic heterocycles. The highest BCUT2D eigenvalue weighted by atomic mass is 14.9. The predicted molar refractivity (Wildman–Crippen MR) is 74.6 cm³/mol. The van der Waals surface area contributed by atoms with Crippen molar-refractivity contribution < 1.29 is 0 Å². The molecule has 1 atom stereocenters. The van der Waals surface area contributed by atoms with Crippen LogP contribution >= 0.6 is 0 Å². The molecule has 0 bridgehead atoms. The number of hydrogen-bond donors (Lipinski definition) is 1. The van der Waals surface area contributed by atoms with Crippen molar-refractivity contribution in [3.63, 3.8) is 0 Å². The minimum Gasteiger partial charge on any atom is -0.314 e. The summed E-state index contributed by atoms with van der Waals surface area (Å²) in [7, 11) is 0. The summed E-state index contributed by atoms with van der Waals surface area (Å²) in [6, 6.07) is 5.41. The van der Waals surface area contributed by atoms with Gasteiger partial charge in [0.15, 0.2) is 0 Å². The molecule has 2 rings (SSSR count). The largest absolute Gasteiger partial charge is 0.314 e. The predicted octanol–water partition coefficient (Wildman–Crippen LogP) is 3.69. The highest BCUT2D eigenvalue weighted by molar-refractivity contribution is 5.36. The smallest absolute Gasteiger partial charge is 0.0108 e. The van der Waals surface area contributed by atoms with E-state index in [4.69, 9.17) is 0 Å². The van der Waals surface area contributed by atoms with E-state index < -0.39 is 0 Å². The van der Waals surface area contributed by atoms with Gasteiger partial charge in [0.25, 0.3) is 0 Å². The molecule has 0 aliphatic carbocycles. The van der Waals surface area contributed by atoms with Crippen molar-refractivity contribution in [2.24, 2.45) is 0 Å². The molecule has 1 aliphatic rings. The molecule has 0 unspecified atom stereocenters.